The quantitative estimate of drug-likeness (QED) is 0.176. The molecule has 6 atom stereocenters. The maximum atomic E-state index is 14.0. The second-order valence-corrected chi connectivity index (χ2v) is 14.8. The molecule has 0 unspecified atom stereocenters. The van der Waals surface area contributed by atoms with Crippen molar-refractivity contribution in [2.24, 2.45) is 0 Å². The van der Waals surface area contributed by atoms with Crippen LogP contribution >= 0.6 is 0 Å². The van der Waals surface area contributed by atoms with Gasteiger partial charge in [-0.2, -0.15) is 0 Å². The molecule has 2 saturated carbocycles. The van der Waals surface area contributed by atoms with Gasteiger partial charge in [-0.25, -0.2) is 21.9 Å². The summed E-state index contributed by atoms with van der Waals surface area (Å²) < 4.78 is 69.9. The molecule has 0 spiro atoms. The Kier molecular flexibility index (Phi) is 9.37. The average Bonchev–Trinajstić information content (AvgIpc) is 3.82. The van der Waals surface area contributed by atoms with Crippen LogP contribution in [0.15, 0.2) is 95.9 Å². The Hall–Kier alpha value is -3.67. The van der Waals surface area contributed by atoms with Crippen LogP contribution in [0.25, 0.3) is 21.8 Å². The fraction of sp³-hybridized carbons (Fsp3) is 0.368. The zero-order valence-corrected chi connectivity index (χ0v) is 27.6. The number of hydrogen-bond donors (Lipinski definition) is 2. The highest BCUT2D eigenvalue weighted by atomic mass is 32.2. The molecule has 3 fully saturated rings. The Labute approximate surface area is 279 Å². The molecule has 0 amide bonds. The lowest BCUT2D eigenvalue weighted by Gasteiger charge is -2.36. The molecular weight excluding hydrogens is 634 g/mol. The van der Waals surface area contributed by atoms with Gasteiger partial charge in [0.25, 0.3) is 0 Å². The highest BCUT2D eigenvalue weighted by Crippen LogP contribution is 2.40. The van der Waals surface area contributed by atoms with Gasteiger partial charge in [-0.3, -0.25) is 0 Å². The molecule has 252 valence electrons. The van der Waals surface area contributed by atoms with E-state index in [2.05, 4.69) is 29.0 Å². The van der Waals surface area contributed by atoms with Crippen LogP contribution in [-0.2, 0) is 26.1 Å². The van der Waals surface area contributed by atoms with Gasteiger partial charge in [-0.1, -0.05) is 48.0 Å². The standard InChI is InChI=1S/C25H24F2N2O3S.C13H16O2/c1-15-5-9-18(10-6-15)33(31,32)28-21-3-2-4-24(25(21)30)29-22-11-7-16(26)13-19(22)20-14-17(27)8-12-23(20)29;1-2-5-10(6-3-1)9-14-11-7-4-8-12-13(11)15-12/h5-14,21,24-25,28,30H,2-4H2,1H3;1-3,5-6,11-13H,4,7-9H2/t21-,24+,25+;11-,12+,13-/m10/s1. The van der Waals surface area contributed by atoms with Crippen molar-refractivity contribution in [3.8, 4) is 0 Å². The Morgan fingerprint density at radius 1 is 0.854 bits per heavy atom. The minimum absolute atomic E-state index is 0.144. The number of rotatable bonds is 7. The van der Waals surface area contributed by atoms with Gasteiger partial charge in [-0.15, -0.1) is 0 Å². The average molecular weight is 675 g/mol. The number of aliphatic hydroxyl groups is 1. The van der Waals surface area contributed by atoms with E-state index in [-0.39, 0.29) is 4.90 Å². The van der Waals surface area contributed by atoms with E-state index < -0.39 is 39.8 Å². The third-order valence-corrected chi connectivity index (χ3v) is 11.3. The summed E-state index contributed by atoms with van der Waals surface area (Å²) in [5.74, 6) is -0.863. The molecule has 5 aromatic rings. The molecule has 1 aromatic heterocycles. The summed E-state index contributed by atoms with van der Waals surface area (Å²) in [6.45, 7) is 2.60. The smallest absolute Gasteiger partial charge is 0.240 e. The summed E-state index contributed by atoms with van der Waals surface area (Å²) in [6, 6.07) is 24.4. The van der Waals surface area contributed by atoms with E-state index in [4.69, 9.17) is 9.47 Å². The molecule has 2 N–H and O–H groups in total. The first-order valence-corrected chi connectivity index (χ1v) is 18.1. The van der Waals surface area contributed by atoms with Crippen LogP contribution in [0.4, 0.5) is 8.78 Å². The SMILES string of the molecule is Cc1ccc(S(=O)(=O)N[C@@H]2CCC[C@H](n3c4ccc(F)cc4c4cc(F)ccc43)[C@H]2O)cc1.c1ccc(CO[C@H]2CCC[C@H]3O[C@@H]23)cc1. The largest absolute Gasteiger partial charge is 0.389 e. The summed E-state index contributed by atoms with van der Waals surface area (Å²) in [7, 11) is -3.82. The zero-order valence-electron chi connectivity index (χ0n) is 26.8. The first-order valence-electron chi connectivity index (χ1n) is 16.6. The van der Waals surface area contributed by atoms with Gasteiger partial charge in [0, 0.05) is 21.8 Å². The van der Waals surface area contributed by atoms with Crippen molar-refractivity contribution in [2.75, 3.05) is 0 Å². The predicted molar refractivity (Wildman–Crippen MR) is 181 cm³/mol. The molecule has 0 bridgehead atoms. The minimum atomic E-state index is -3.82. The fourth-order valence-electron chi connectivity index (χ4n) is 7.26. The fourth-order valence-corrected chi connectivity index (χ4v) is 8.55. The summed E-state index contributed by atoms with van der Waals surface area (Å²) in [5, 5.41) is 12.4. The lowest BCUT2D eigenvalue weighted by molar-refractivity contribution is 0.0135. The van der Waals surface area contributed by atoms with Crippen molar-refractivity contribution in [1.29, 1.82) is 0 Å². The van der Waals surface area contributed by atoms with Gasteiger partial charge < -0.3 is 19.1 Å². The number of nitrogens with one attached hydrogen (secondary N) is 1. The number of sulfonamides is 1. The Bertz CT molecular complexity index is 1940. The first-order chi connectivity index (χ1) is 23.2. The van der Waals surface area contributed by atoms with E-state index in [0.29, 0.717) is 59.4 Å². The number of aryl methyl sites for hydroxylation is 1. The number of benzene rings is 4. The van der Waals surface area contributed by atoms with Crippen LogP contribution < -0.4 is 4.72 Å². The molecule has 2 heterocycles. The number of hydrogen-bond acceptors (Lipinski definition) is 5. The molecule has 2 aliphatic carbocycles. The van der Waals surface area contributed by atoms with Gasteiger partial charge in [0.2, 0.25) is 10.0 Å². The van der Waals surface area contributed by atoms with Crippen molar-refractivity contribution in [3.05, 3.63) is 114 Å². The van der Waals surface area contributed by atoms with Crippen LogP contribution in [0.3, 0.4) is 0 Å². The lowest BCUT2D eigenvalue weighted by Crippen LogP contribution is -2.49. The van der Waals surface area contributed by atoms with Crippen molar-refractivity contribution < 1.29 is 31.8 Å². The van der Waals surface area contributed by atoms with Crippen LogP contribution in [0.2, 0.25) is 0 Å². The van der Waals surface area contributed by atoms with Gasteiger partial charge in [0.15, 0.2) is 0 Å². The van der Waals surface area contributed by atoms with Crippen LogP contribution in [0.1, 0.15) is 55.7 Å². The van der Waals surface area contributed by atoms with E-state index >= 15 is 0 Å². The predicted octanol–water partition coefficient (Wildman–Crippen LogP) is 7.34. The van der Waals surface area contributed by atoms with Crippen LogP contribution in [0, 0.1) is 18.6 Å². The first kappa shape index (κ1) is 32.9. The van der Waals surface area contributed by atoms with Crippen molar-refractivity contribution in [3.63, 3.8) is 0 Å². The second-order valence-electron chi connectivity index (χ2n) is 13.1. The number of halogens is 2. The molecule has 10 heteroatoms. The van der Waals surface area contributed by atoms with Crippen molar-refractivity contribution >= 4 is 31.8 Å². The van der Waals surface area contributed by atoms with Crippen LogP contribution in [0.5, 0.6) is 0 Å². The number of aromatic nitrogens is 1. The minimum Gasteiger partial charge on any atom is -0.389 e. The summed E-state index contributed by atoms with van der Waals surface area (Å²) in [5.41, 5.74) is 3.54. The third kappa shape index (κ3) is 6.91. The Morgan fingerprint density at radius 3 is 2.17 bits per heavy atom. The lowest BCUT2D eigenvalue weighted by atomic mass is 9.88. The van der Waals surface area contributed by atoms with E-state index in [1.165, 1.54) is 42.7 Å². The van der Waals surface area contributed by atoms with Crippen LogP contribution in [-0.4, -0.2) is 48.5 Å². The number of epoxide rings is 1. The van der Waals surface area contributed by atoms with E-state index in [1.54, 1.807) is 36.4 Å². The number of fused-ring (bicyclic) bond motifs is 4. The molecule has 8 rings (SSSR count). The molecule has 7 nitrogen and oxygen atoms in total. The molecule has 48 heavy (non-hydrogen) atoms. The van der Waals surface area contributed by atoms with Gasteiger partial charge in [0.1, 0.15) is 17.7 Å². The van der Waals surface area contributed by atoms with E-state index in [1.807, 2.05) is 17.6 Å². The molecule has 1 saturated heterocycles. The highest BCUT2D eigenvalue weighted by Gasteiger charge is 2.47. The monoisotopic (exact) mass is 674 g/mol. The van der Waals surface area contributed by atoms with Crippen molar-refractivity contribution in [2.45, 2.75) is 93.5 Å². The number of aliphatic hydroxyl groups excluding tert-OH is 1. The van der Waals surface area contributed by atoms with Gasteiger partial charge >= 0.3 is 0 Å². The summed E-state index contributed by atoms with van der Waals surface area (Å²) in [4.78, 5) is 0.144. The highest BCUT2D eigenvalue weighted by molar-refractivity contribution is 7.89. The Morgan fingerprint density at radius 2 is 1.50 bits per heavy atom. The Balaban J connectivity index is 0.000000201. The number of ether oxygens (including phenoxy) is 2. The molecule has 0 radical (unpaired) electrons. The molecule has 3 aliphatic rings. The number of nitrogens with zero attached hydrogens (tertiary/aromatic N) is 1. The van der Waals surface area contributed by atoms with E-state index in [9.17, 15) is 22.3 Å². The third-order valence-electron chi connectivity index (χ3n) is 9.79. The van der Waals surface area contributed by atoms with E-state index in [0.717, 1.165) is 18.6 Å². The topological polar surface area (TPSA) is 93.1 Å². The summed E-state index contributed by atoms with van der Waals surface area (Å²) >= 11 is 0. The van der Waals surface area contributed by atoms with Gasteiger partial charge in [0.05, 0.1) is 41.9 Å². The molecule has 4 aromatic carbocycles. The molecule has 1 aliphatic heterocycles. The maximum Gasteiger partial charge on any atom is 0.240 e. The maximum absolute atomic E-state index is 14.0. The summed E-state index contributed by atoms with van der Waals surface area (Å²) in [6.07, 6.45) is 5.66. The van der Waals surface area contributed by atoms with Crippen molar-refractivity contribution in [1.82, 2.24) is 9.29 Å². The molecular formula is C38H40F2N2O5S. The normalized spacial score (nSPS) is 25.3. The van der Waals surface area contributed by atoms with Gasteiger partial charge in [-0.05, 0) is 99.5 Å². The second kappa shape index (κ2) is 13.7. The zero-order chi connectivity index (χ0) is 33.4.